The number of benzene rings is 2. The van der Waals surface area contributed by atoms with Crippen molar-refractivity contribution in [1.82, 2.24) is 20.1 Å². The van der Waals surface area contributed by atoms with E-state index in [1.807, 2.05) is 0 Å². The molecule has 0 N–H and O–H groups in total. The number of morpholine rings is 1. The van der Waals surface area contributed by atoms with Crippen LogP contribution in [-0.4, -0.2) is 45.4 Å². The van der Waals surface area contributed by atoms with Crippen molar-refractivity contribution < 1.29 is 9.15 Å². The fourth-order valence-corrected chi connectivity index (χ4v) is 7.32. The van der Waals surface area contributed by atoms with E-state index in [1.54, 1.807) is 11.3 Å². The lowest BCUT2D eigenvalue weighted by Crippen LogP contribution is -2.53. The molecule has 0 bridgehead atoms. The van der Waals surface area contributed by atoms with Gasteiger partial charge in [0.1, 0.15) is 0 Å². The third-order valence-electron chi connectivity index (χ3n) is 8.56. The van der Waals surface area contributed by atoms with Gasteiger partial charge in [0.05, 0.1) is 23.8 Å². The molecule has 4 aromatic rings. The SMILES string of the molecule is CC(c1ccc(-c2sc(-c3nnc(CC(C)(C)C)o3)nc2CC2CCC2)c2ccccc12)N1CCOCC1(C)C. The third kappa shape index (κ3) is 5.48. The molecule has 3 heterocycles. The van der Waals surface area contributed by atoms with Crippen LogP contribution in [0.15, 0.2) is 40.8 Å². The lowest BCUT2D eigenvalue weighted by Gasteiger charge is -2.46. The van der Waals surface area contributed by atoms with Gasteiger partial charge in [-0.05, 0) is 54.9 Å². The second-order valence-electron chi connectivity index (χ2n) is 13.5. The lowest BCUT2D eigenvalue weighted by atomic mass is 9.81. The summed E-state index contributed by atoms with van der Waals surface area (Å²) in [5.74, 6) is 1.92. The highest BCUT2D eigenvalue weighted by Gasteiger charge is 2.35. The van der Waals surface area contributed by atoms with Crippen molar-refractivity contribution in [3.8, 4) is 21.3 Å². The van der Waals surface area contributed by atoms with Gasteiger partial charge in [-0.3, -0.25) is 4.90 Å². The molecule has 0 radical (unpaired) electrons. The van der Waals surface area contributed by atoms with Gasteiger partial charge in [0.15, 0.2) is 5.01 Å². The molecule has 1 saturated carbocycles. The van der Waals surface area contributed by atoms with Crippen LogP contribution in [0.2, 0.25) is 0 Å². The Balaban J connectivity index is 1.41. The lowest BCUT2D eigenvalue weighted by molar-refractivity contribution is -0.0693. The van der Waals surface area contributed by atoms with E-state index >= 15 is 0 Å². The van der Waals surface area contributed by atoms with E-state index in [1.165, 1.54) is 51.7 Å². The molecule has 1 aliphatic carbocycles. The van der Waals surface area contributed by atoms with Gasteiger partial charge in [-0.2, -0.15) is 0 Å². The zero-order valence-corrected chi connectivity index (χ0v) is 25.6. The van der Waals surface area contributed by atoms with Gasteiger partial charge in [0.25, 0.3) is 5.89 Å². The molecular formula is C33H42N4O2S. The maximum Gasteiger partial charge on any atom is 0.276 e. The first-order chi connectivity index (χ1) is 19.1. The van der Waals surface area contributed by atoms with Crippen LogP contribution >= 0.6 is 11.3 Å². The summed E-state index contributed by atoms with van der Waals surface area (Å²) < 4.78 is 12.0. The Morgan fingerprint density at radius 3 is 2.55 bits per heavy atom. The summed E-state index contributed by atoms with van der Waals surface area (Å²) in [6.07, 6.45) is 5.65. The molecule has 2 fully saturated rings. The summed E-state index contributed by atoms with van der Waals surface area (Å²) in [7, 11) is 0. The highest BCUT2D eigenvalue weighted by atomic mass is 32.1. The first-order valence-electron chi connectivity index (χ1n) is 14.8. The Labute approximate surface area is 242 Å². The van der Waals surface area contributed by atoms with E-state index in [2.05, 4.69) is 93.0 Å². The van der Waals surface area contributed by atoms with Gasteiger partial charge in [-0.15, -0.1) is 21.5 Å². The topological polar surface area (TPSA) is 64.3 Å². The second kappa shape index (κ2) is 10.7. The van der Waals surface area contributed by atoms with Crippen molar-refractivity contribution in [2.45, 2.75) is 85.2 Å². The average molecular weight is 559 g/mol. The number of hydrogen-bond acceptors (Lipinski definition) is 7. The normalized spacial score (nSPS) is 19.1. The molecule has 1 saturated heterocycles. The van der Waals surface area contributed by atoms with Gasteiger partial charge in [-0.25, -0.2) is 4.98 Å². The summed E-state index contributed by atoms with van der Waals surface area (Å²) >= 11 is 1.70. The fraction of sp³-hybridized carbons (Fsp3) is 0.545. The highest BCUT2D eigenvalue weighted by molar-refractivity contribution is 7.18. The van der Waals surface area contributed by atoms with Crippen molar-refractivity contribution >= 4 is 22.1 Å². The number of ether oxygens (including phenoxy) is 1. The van der Waals surface area contributed by atoms with Crippen LogP contribution in [-0.2, 0) is 17.6 Å². The smallest absolute Gasteiger partial charge is 0.276 e. The first-order valence-corrected chi connectivity index (χ1v) is 15.6. The van der Waals surface area contributed by atoms with E-state index in [0.717, 1.165) is 37.6 Å². The van der Waals surface area contributed by atoms with Crippen molar-refractivity contribution in [1.29, 1.82) is 0 Å². The maximum absolute atomic E-state index is 6.13. The average Bonchev–Trinajstić information content (AvgIpc) is 3.51. The third-order valence-corrected chi connectivity index (χ3v) is 9.68. The van der Waals surface area contributed by atoms with Crippen molar-refractivity contribution in [3.63, 3.8) is 0 Å². The molecule has 40 heavy (non-hydrogen) atoms. The minimum atomic E-state index is -0.00409. The maximum atomic E-state index is 6.13. The molecule has 0 amide bonds. The summed E-state index contributed by atoms with van der Waals surface area (Å²) in [5.41, 5.74) is 3.86. The molecule has 2 aromatic carbocycles. The van der Waals surface area contributed by atoms with E-state index in [-0.39, 0.29) is 17.0 Å². The van der Waals surface area contributed by atoms with Gasteiger partial charge in [-0.1, -0.05) is 76.4 Å². The van der Waals surface area contributed by atoms with Gasteiger partial charge >= 0.3 is 0 Å². The molecule has 1 unspecified atom stereocenters. The Kier molecular flexibility index (Phi) is 7.34. The van der Waals surface area contributed by atoms with Crippen LogP contribution in [0.4, 0.5) is 0 Å². The number of fused-ring (bicyclic) bond motifs is 1. The molecule has 212 valence electrons. The van der Waals surface area contributed by atoms with Crippen LogP contribution in [0.5, 0.6) is 0 Å². The van der Waals surface area contributed by atoms with Crippen LogP contribution < -0.4 is 0 Å². The second-order valence-corrected chi connectivity index (χ2v) is 14.5. The van der Waals surface area contributed by atoms with Gasteiger partial charge < -0.3 is 9.15 Å². The zero-order valence-electron chi connectivity index (χ0n) is 24.8. The molecular weight excluding hydrogens is 516 g/mol. The minimum absolute atomic E-state index is 0.00409. The van der Waals surface area contributed by atoms with E-state index in [9.17, 15) is 0 Å². The Hall–Kier alpha value is -2.61. The summed E-state index contributed by atoms with van der Waals surface area (Å²) in [6, 6.07) is 13.8. The largest absolute Gasteiger partial charge is 0.419 e. The highest BCUT2D eigenvalue weighted by Crippen LogP contribution is 2.44. The molecule has 6 rings (SSSR count). The standard InChI is InChI=1S/C33H42N4O2S/c1-21(37-16-17-38-20-33(37,5)6)23-14-15-26(25-13-8-7-12-24(23)25)29-27(18-22-10-9-11-22)34-31(40-29)30-36-35-28(39-30)19-32(2,3)4/h7-8,12-15,21-22H,9-11,16-20H2,1-6H3. The van der Waals surface area contributed by atoms with Crippen LogP contribution in [0.3, 0.4) is 0 Å². The van der Waals surface area contributed by atoms with E-state index < -0.39 is 0 Å². The van der Waals surface area contributed by atoms with Crippen LogP contribution in [0.1, 0.15) is 84.0 Å². The minimum Gasteiger partial charge on any atom is -0.419 e. The fourth-order valence-electron chi connectivity index (χ4n) is 6.27. The van der Waals surface area contributed by atoms with Crippen LogP contribution in [0.25, 0.3) is 32.1 Å². The zero-order chi connectivity index (χ0) is 28.1. The van der Waals surface area contributed by atoms with Crippen molar-refractivity contribution in [2.75, 3.05) is 19.8 Å². The molecule has 7 heteroatoms. The molecule has 2 aliphatic rings. The quantitative estimate of drug-likeness (QED) is 0.228. The molecule has 1 aliphatic heterocycles. The summed E-state index contributed by atoms with van der Waals surface area (Å²) in [6.45, 7) is 16.0. The van der Waals surface area contributed by atoms with Crippen molar-refractivity contribution in [3.05, 3.63) is 53.5 Å². The summed E-state index contributed by atoms with van der Waals surface area (Å²) in [5, 5.41) is 12.2. The van der Waals surface area contributed by atoms with E-state index in [4.69, 9.17) is 14.1 Å². The number of nitrogens with zero attached hydrogens (tertiary/aromatic N) is 4. The monoisotopic (exact) mass is 558 g/mol. The van der Waals surface area contributed by atoms with E-state index in [0.29, 0.717) is 17.7 Å². The van der Waals surface area contributed by atoms with Gasteiger partial charge in [0.2, 0.25) is 5.89 Å². The number of aromatic nitrogens is 3. The summed E-state index contributed by atoms with van der Waals surface area (Å²) in [4.78, 5) is 8.97. The predicted octanol–water partition coefficient (Wildman–Crippen LogP) is 8.12. The Morgan fingerprint density at radius 2 is 1.85 bits per heavy atom. The molecule has 2 aromatic heterocycles. The number of hydrogen-bond donors (Lipinski definition) is 0. The van der Waals surface area contributed by atoms with Crippen molar-refractivity contribution in [2.24, 2.45) is 11.3 Å². The number of thiazole rings is 1. The molecule has 0 spiro atoms. The first kappa shape index (κ1) is 27.6. The Morgan fingerprint density at radius 1 is 1.07 bits per heavy atom. The van der Waals surface area contributed by atoms with Crippen LogP contribution in [0, 0.1) is 11.3 Å². The molecule has 6 nitrogen and oxygen atoms in total. The molecule has 1 atom stereocenters. The van der Waals surface area contributed by atoms with Gasteiger partial charge in [0, 0.05) is 30.1 Å². The predicted molar refractivity (Wildman–Crippen MR) is 163 cm³/mol. The number of rotatable bonds is 7. The Bertz CT molecular complexity index is 1490.